The number of hydrogen-bond acceptors (Lipinski definition) is 3. The molecule has 5 heteroatoms. The third-order valence-corrected chi connectivity index (χ3v) is 3.35. The molecule has 2 heterocycles. The molecule has 0 spiro atoms. The van der Waals surface area contributed by atoms with Gasteiger partial charge in [-0.1, -0.05) is 0 Å². The minimum absolute atomic E-state index is 0.0195. The average Bonchev–Trinajstić information content (AvgIpc) is 3.07. The molecule has 1 amide bonds. The number of H-pyrrole nitrogens is 1. The summed E-state index contributed by atoms with van der Waals surface area (Å²) in [6, 6.07) is 5.84. The van der Waals surface area contributed by atoms with Crippen LogP contribution in [0, 0.1) is 0 Å². The third kappa shape index (κ3) is 2.31. The lowest BCUT2D eigenvalue weighted by molar-refractivity contribution is 0.0782. The van der Waals surface area contributed by atoms with E-state index < -0.39 is 0 Å². The molecule has 0 fully saturated rings. The van der Waals surface area contributed by atoms with E-state index in [1.54, 1.807) is 24.3 Å². The first-order valence-corrected chi connectivity index (χ1v) is 6.34. The molecule has 1 aliphatic heterocycles. The van der Waals surface area contributed by atoms with Crippen LogP contribution >= 0.6 is 0 Å². The van der Waals surface area contributed by atoms with Gasteiger partial charge in [0.25, 0.3) is 5.91 Å². The van der Waals surface area contributed by atoms with Crippen molar-refractivity contribution in [1.82, 2.24) is 14.9 Å². The predicted octanol–water partition coefficient (Wildman–Crippen LogP) is 1.65. The van der Waals surface area contributed by atoms with Crippen molar-refractivity contribution in [3.63, 3.8) is 0 Å². The lowest BCUT2D eigenvalue weighted by Gasteiger charge is -2.16. The van der Waals surface area contributed by atoms with Crippen LogP contribution in [0.3, 0.4) is 0 Å². The molecule has 0 bridgehead atoms. The quantitative estimate of drug-likeness (QED) is 0.877. The van der Waals surface area contributed by atoms with E-state index in [0.29, 0.717) is 6.54 Å². The van der Waals surface area contributed by atoms with Gasteiger partial charge in [-0.2, -0.15) is 0 Å². The summed E-state index contributed by atoms with van der Waals surface area (Å²) in [6.07, 6.45) is 4.43. The SMILES string of the molecule is CN(Cc1ncc[nH]1)C(=O)c1ccc2c(c1)CCN2. The van der Waals surface area contributed by atoms with Crippen molar-refractivity contribution < 1.29 is 4.79 Å². The van der Waals surface area contributed by atoms with Gasteiger partial charge in [0.1, 0.15) is 5.82 Å². The van der Waals surface area contributed by atoms with Gasteiger partial charge in [0, 0.05) is 37.2 Å². The molecule has 0 radical (unpaired) electrons. The first-order valence-electron chi connectivity index (χ1n) is 6.34. The van der Waals surface area contributed by atoms with Gasteiger partial charge in [-0.15, -0.1) is 0 Å². The Morgan fingerprint density at radius 1 is 1.47 bits per heavy atom. The molecule has 98 valence electrons. The fourth-order valence-corrected chi connectivity index (χ4v) is 2.34. The minimum Gasteiger partial charge on any atom is -0.384 e. The van der Waals surface area contributed by atoms with E-state index >= 15 is 0 Å². The molecule has 19 heavy (non-hydrogen) atoms. The molecule has 0 saturated carbocycles. The van der Waals surface area contributed by atoms with E-state index in [4.69, 9.17) is 0 Å². The van der Waals surface area contributed by atoms with Crippen LogP contribution in [0.4, 0.5) is 5.69 Å². The van der Waals surface area contributed by atoms with Crippen LogP contribution < -0.4 is 5.32 Å². The summed E-state index contributed by atoms with van der Waals surface area (Å²) >= 11 is 0. The lowest BCUT2D eigenvalue weighted by atomic mass is 10.1. The van der Waals surface area contributed by atoms with Gasteiger partial charge in [0.2, 0.25) is 0 Å². The second kappa shape index (κ2) is 4.76. The third-order valence-electron chi connectivity index (χ3n) is 3.35. The molecule has 1 aromatic heterocycles. The molecule has 0 saturated heterocycles. The highest BCUT2D eigenvalue weighted by Gasteiger charge is 2.16. The summed E-state index contributed by atoms with van der Waals surface area (Å²) in [4.78, 5) is 21.1. The van der Waals surface area contributed by atoms with Gasteiger partial charge in [-0.05, 0) is 30.2 Å². The Bertz CT molecular complexity index is 591. The molecule has 5 nitrogen and oxygen atoms in total. The second-order valence-electron chi connectivity index (χ2n) is 4.75. The lowest BCUT2D eigenvalue weighted by Crippen LogP contribution is -2.26. The number of anilines is 1. The highest BCUT2D eigenvalue weighted by molar-refractivity contribution is 5.94. The molecular formula is C14H16N4O. The highest BCUT2D eigenvalue weighted by Crippen LogP contribution is 2.23. The molecular weight excluding hydrogens is 240 g/mol. The molecule has 1 aliphatic rings. The monoisotopic (exact) mass is 256 g/mol. The first kappa shape index (κ1) is 11.8. The Morgan fingerprint density at radius 3 is 3.16 bits per heavy atom. The fraction of sp³-hybridized carbons (Fsp3) is 0.286. The molecule has 3 rings (SSSR count). The average molecular weight is 256 g/mol. The zero-order valence-electron chi connectivity index (χ0n) is 10.8. The van der Waals surface area contributed by atoms with Crippen molar-refractivity contribution in [2.75, 3.05) is 18.9 Å². The van der Waals surface area contributed by atoms with Crippen LogP contribution in [0.5, 0.6) is 0 Å². The standard InChI is InChI=1S/C14H16N4O/c1-18(9-13-16-6-7-17-13)14(19)11-2-3-12-10(8-11)4-5-15-12/h2-3,6-8,15H,4-5,9H2,1H3,(H,16,17). The van der Waals surface area contributed by atoms with Crippen LogP contribution in [0.1, 0.15) is 21.7 Å². The van der Waals surface area contributed by atoms with Crippen LogP contribution in [0.15, 0.2) is 30.6 Å². The summed E-state index contributed by atoms with van der Waals surface area (Å²) < 4.78 is 0. The zero-order valence-corrected chi connectivity index (χ0v) is 10.8. The number of rotatable bonds is 3. The van der Waals surface area contributed by atoms with Gasteiger partial charge in [-0.3, -0.25) is 4.79 Å². The Morgan fingerprint density at radius 2 is 2.37 bits per heavy atom. The van der Waals surface area contributed by atoms with E-state index in [9.17, 15) is 4.79 Å². The van der Waals surface area contributed by atoms with Crippen molar-refractivity contribution in [2.24, 2.45) is 0 Å². The molecule has 0 aliphatic carbocycles. The van der Waals surface area contributed by atoms with Gasteiger partial charge in [0.05, 0.1) is 6.54 Å². The van der Waals surface area contributed by atoms with Gasteiger partial charge in [-0.25, -0.2) is 4.98 Å². The van der Waals surface area contributed by atoms with Crippen LogP contribution in [-0.4, -0.2) is 34.4 Å². The summed E-state index contributed by atoms with van der Waals surface area (Å²) in [7, 11) is 1.79. The Labute approximate surface area is 111 Å². The molecule has 2 aromatic rings. The van der Waals surface area contributed by atoms with Crippen LogP contribution in [-0.2, 0) is 13.0 Å². The highest BCUT2D eigenvalue weighted by atomic mass is 16.2. The van der Waals surface area contributed by atoms with E-state index in [0.717, 1.165) is 30.0 Å². The Balaban J connectivity index is 1.76. The first-order chi connectivity index (χ1) is 9.24. The molecule has 0 atom stereocenters. The van der Waals surface area contributed by atoms with Gasteiger partial charge in [0.15, 0.2) is 0 Å². The number of aromatic amines is 1. The van der Waals surface area contributed by atoms with Gasteiger partial charge < -0.3 is 15.2 Å². The van der Waals surface area contributed by atoms with E-state index in [-0.39, 0.29) is 5.91 Å². The number of carbonyl (C=O) groups is 1. The maximum absolute atomic E-state index is 12.3. The Kier molecular flexibility index (Phi) is 2.95. The van der Waals surface area contributed by atoms with Crippen molar-refractivity contribution in [3.05, 3.63) is 47.5 Å². The number of amides is 1. The number of hydrogen-bond donors (Lipinski definition) is 2. The second-order valence-corrected chi connectivity index (χ2v) is 4.75. The van der Waals surface area contributed by atoms with Crippen molar-refractivity contribution in [3.8, 4) is 0 Å². The maximum atomic E-state index is 12.3. The van der Waals surface area contributed by atoms with Gasteiger partial charge >= 0.3 is 0 Å². The smallest absolute Gasteiger partial charge is 0.254 e. The largest absolute Gasteiger partial charge is 0.384 e. The van der Waals surface area contributed by atoms with E-state index in [2.05, 4.69) is 15.3 Å². The number of carbonyl (C=O) groups excluding carboxylic acids is 1. The van der Waals surface area contributed by atoms with Crippen molar-refractivity contribution in [1.29, 1.82) is 0 Å². The number of nitrogens with one attached hydrogen (secondary N) is 2. The van der Waals surface area contributed by atoms with Crippen molar-refractivity contribution in [2.45, 2.75) is 13.0 Å². The van der Waals surface area contributed by atoms with Crippen LogP contribution in [0.2, 0.25) is 0 Å². The van der Waals surface area contributed by atoms with E-state index in [1.165, 1.54) is 5.56 Å². The number of aromatic nitrogens is 2. The fourth-order valence-electron chi connectivity index (χ4n) is 2.34. The van der Waals surface area contributed by atoms with Crippen molar-refractivity contribution >= 4 is 11.6 Å². The normalized spacial score (nSPS) is 12.9. The number of imidazole rings is 1. The number of benzene rings is 1. The molecule has 1 aromatic carbocycles. The maximum Gasteiger partial charge on any atom is 0.254 e. The summed E-state index contributed by atoms with van der Waals surface area (Å²) in [5.41, 5.74) is 3.10. The summed E-state index contributed by atoms with van der Waals surface area (Å²) in [5.74, 6) is 0.810. The molecule has 0 unspecified atom stereocenters. The van der Waals surface area contributed by atoms with Crippen LogP contribution in [0.25, 0.3) is 0 Å². The Hall–Kier alpha value is -2.30. The van der Waals surface area contributed by atoms with E-state index in [1.807, 2.05) is 18.2 Å². The summed E-state index contributed by atoms with van der Waals surface area (Å²) in [6.45, 7) is 1.44. The summed E-state index contributed by atoms with van der Waals surface area (Å²) in [5, 5.41) is 3.29. The zero-order chi connectivity index (χ0) is 13.2. The number of nitrogens with zero attached hydrogens (tertiary/aromatic N) is 2. The number of fused-ring (bicyclic) bond motifs is 1. The topological polar surface area (TPSA) is 61.0 Å². The predicted molar refractivity (Wildman–Crippen MR) is 73.0 cm³/mol. The molecule has 2 N–H and O–H groups in total. The minimum atomic E-state index is 0.0195.